The lowest BCUT2D eigenvalue weighted by Crippen LogP contribution is -2.20. The van der Waals surface area contributed by atoms with Crippen molar-refractivity contribution in [3.63, 3.8) is 0 Å². The average molecular weight is 623 g/mol. The summed E-state index contributed by atoms with van der Waals surface area (Å²) in [5.41, 5.74) is 4.46. The number of amides is 1. The van der Waals surface area contributed by atoms with Gasteiger partial charge in [-0.3, -0.25) is 19.9 Å². The number of benzene rings is 1. The third kappa shape index (κ3) is 5.76. The zero-order valence-electron chi connectivity index (χ0n) is 25.4. The van der Waals surface area contributed by atoms with Gasteiger partial charge in [0.1, 0.15) is 17.2 Å². The Kier molecular flexibility index (Phi) is 7.83. The lowest BCUT2D eigenvalue weighted by atomic mass is 10.0. The van der Waals surface area contributed by atoms with Gasteiger partial charge in [-0.15, -0.1) is 0 Å². The number of anilines is 2. The van der Waals surface area contributed by atoms with Crippen molar-refractivity contribution in [1.29, 1.82) is 0 Å². The van der Waals surface area contributed by atoms with E-state index in [4.69, 9.17) is 0 Å². The highest BCUT2D eigenvalue weighted by Gasteiger charge is 2.24. The minimum absolute atomic E-state index is 0.0186. The van der Waals surface area contributed by atoms with Gasteiger partial charge in [0.15, 0.2) is 17.3 Å². The minimum Gasteiger partial charge on any atom is -0.384 e. The fourth-order valence-electron chi connectivity index (χ4n) is 5.95. The van der Waals surface area contributed by atoms with Crippen molar-refractivity contribution in [2.24, 2.45) is 5.92 Å². The largest absolute Gasteiger partial charge is 0.384 e. The molecule has 0 bridgehead atoms. The second-order valence-corrected chi connectivity index (χ2v) is 11.8. The molecule has 0 spiro atoms. The maximum Gasteiger partial charge on any atom is 0.227 e. The van der Waals surface area contributed by atoms with Crippen molar-refractivity contribution in [1.82, 2.24) is 40.0 Å². The smallest absolute Gasteiger partial charge is 0.227 e. The Morgan fingerprint density at radius 3 is 2.65 bits per heavy atom. The molecule has 11 nitrogen and oxygen atoms in total. The zero-order valence-corrected chi connectivity index (χ0v) is 25.4. The summed E-state index contributed by atoms with van der Waals surface area (Å²) in [4.78, 5) is 35.5. The van der Waals surface area contributed by atoms with Gasteiger partial charge in [-0.05, 0) is 62.8 Å². The normalized spacial score (nSPS) is 13.7. The molecule has 1 aromatic carbocycles. The summed E-state index contributed by atoms with van der Waals surface area (Å²) in [7, 11) is 3.95. The molecule has 0 saturated heterocycles. The van der Waals surface area contributed by atoms with E-state index in [0.29, 0.717) is 51.3 Å². The van der Waals surface area contributed by atoms with Crippen LogP contribution in [0.2, 0.25) is 0 Å². The topological polar surface area (TPSA) is 140 Å². The number of hydrogen-bond donors (Lipinski definition) is 4. The molecule has 5 aromatic heterocycles. The van der Waals surface area contributed by atoms with Gasteiger partial charge in [-0.25, -0.2) is 18.7 Å². The molecule has 0 atom stereocenters. The van der Waals surface area contributed by atoms with Crippen LogP contribution in [0.15, 0.2) is 55.1 Å². The Morgan fingerprint density at radius 2 is 1.83 bits per heavy atom. The number of carbonyl (C=O) groups excluding carboxylic acids is 1. The molecule has 46 heavy (non-hydrogen) atoms. The van der Waals surface area contributed by atoms with Crippen LogP contribution in [-0.2, 0) is 4.79 Å². The van der Waals surface area contributed by atoms with Gasteiger partial charge >= 0.3 is 0 Å². The van der Waals surface area contributed by atoms with Crippen molar-refractivity contribution in [2.75, 3.05) is 37.8 Å². The van der Waals surface area contributed by atoms with Gasteiger partial charge in [0, 0.05) is 48.2 Å². The highest BCUT2D eigenvalue weighted by Crippen LogP contribution is 2.35. The van der Waals surface area contributed by atoms with Crippen molar-refractivity contribution >= 4 is 39.3 Å². The van der Waals surface area contributed by atoms with Gasteiger partial charge in [0.05, 0.1) is 34.5 Å². The first-order valence-electron chi connectivity index (χ1n) is 15.2. The minimum atomic E-state index is -0.616. The Bertz CT molecular complexity index is 2070. The maximum atomic E-state index is 16.3. The predicted molar refractivity (Wildman–Crippen MR) is 173 cm³/mol. The van der Waals surface area contributed by atoms with E-state index < -0.39 is 5.82 Å². The Hall–Kier alpha value is -5.30. The van der Waals surface area contributed by atoms with Crippen LogP contribution in [0.25, 0.3) is 56.0 Å². The molecule has 1 aliphatic rings. The summed E-state index contributed by atoms with van der Waals surface area (Å²) in [6, 6.07) is 8.21. The van der Waals surface area contributed by atoms with Gasteiger partial charge in [-0.1, -0.05) is 12.8 Å². The summed E-state index contributed by atoms with van der Waals surface area (Å²) in [5.74, 6) is -0.782. The molecular formula is C33H32F2N10O. The monoisotopic (exact) mass is 622 g/mol. The maximum absolute atomic E-state index is 16.3. The third-order valence-electron chi connectivity index (χ3n) is 8.26. The lowest BCUT2D eigenvalue weighted by Gasteiger charge is -2.13. The molecule has 0 aliphatic heterocycles. The van der Waals surface area contributed by atoms with Crippen LogP contribution in [0.1, 0.15) is 25.7 Å². The van der Waals surface area contributed by atoms with Crippen LogP contribution < -0.4 is 10.6 Å². The van der Waals surface area contributed by atoms with E-state index in [1.165, 1.54) is 30.7 Å². The number of nitrogens with zero attached hydrogens (tertiary/aromatic N) is 6. The van der Waals surface area contributed by atoms with Crippen molar-refractivity contribution in [3.8, 4) is 33.9 Å². The Morgan fingerprint density at radius 1 is 1.00 bits per heavy atom. The number of pyridine rings is 3. The van der Waals surface area contributed by atoms with E-state index in [-0.39, 0.29) is 40.2 Å². The number of rotatable bonds is 9. The number of hydrogen-bond acceptors (Lipinski definition) is 8. The third-order valence-corrected chi connectivity index (χ3v) is 8.26. The Labute approximate surface area is 262 Å². The summed E-state index contributed by atoms with van der Waals surface area (Å²) in [5, 5.41) is 13.6. The first-order valence-corrected chi connectivity index (χ1v) is 15.2. The highest BCUT2D eigenvalue weighted by molar-refractivity contribution is 5.98. The summed E-state index contributed by atoms with van der Waals surface area (Å²) in [6.07, 6.45) is 9.96. The first-order chi connectivity index (χ1) is 22.3. The van der Waals surface area contributed by atoms with E-state index in [1.807, 2.05) is 25.1 Å². The number of halogens is 2. The fraction of sp³-hybridized carbons (Fsp3) is 0.273. The van der Waals surface area contributed by atoms with Crippen LogP contribution in [0.3, 0.4) is 0 Å². The van der Waals surface area contributed by atoms with E-state index in [9.17, 15) is 9.18 Å². The molecule has 0 radical (unpaired) electrons. The van der Waals surface area contributed by atoms with Crippen molar-refractivity contribution in [3.05, 3.63) is 66.8 Å². The van der Waals surface area contributed by atoms with Crippen LogP contribution >= 0.6 is 0 Å². The number of H-pyrrole nitrogens is 2. The summed E-state index contributed by atoms with van der Waals surface area (Å²) in [6.45, 7) is 1.44. The van der Waals surface area contributed by atoms with Crippen LogP contribution in [0, 0.1) is 17.6 Å². The van der Waals surface area contributed by atoms with Crippen LogP contribution in [-0.4, -0.2) is 73.1 Å². The van der Waals surface area contributed by atoms with Gasteiger partial charge in [0.2, 0.25) is 5.91 Å². The molecule has 1 amide bonds. The van der Waals surface area contributed by atoms with Crippen molar-refractivity contribution in [2.45, 2.75) is 25.7 Å². The van der Waals surface area contributed by atoms with Crippen LogP contribution in [0.5, 0.6) is 0 Å². The molecular weight excluding hydrogens is 590 g/mol. The second kappa shape index (κ2) is 12.2. The summed E-state index contributed by atoms with van der Waals surface area (Å²) < 4.78 is 31.0. The van der Waals surface area contributed by atoms with Gasteiger partial charge in [0.25, 0.3) is 0 Å². The molecule has 1 saturated carbocycles. The number of likely N-dealkylation sites (N-methyl/N-ethyl adjacent to an activating group) is 1. The van der Waals surface area contributed by atoms with Gasteiger partial charge < -0.3 is 20.5 Å². The molecule has 6 aromatic rings. The number of aromatic amines is 2. The lowest BCUT2D eigenvalue weighted by molar-refractivity contribution is -0.119. The molecule has 5 heterocycles. The highest BCUT2D eigenvalue weighted by atomic mass is 19.1. The molecule has 0 unspecified atom stereocenters. The van der Waals surface area contributed by atoms with E-state index in [0.717, 1.165) is 32.2 Å². The first kappa shape index (κ1) is 29.4. The van der Waals surface area contributed by atoms with Crippen molar-refractivity contribution < 1.29 is 13.6 Å². The van der Waals surface area contributed by atoms with E-state index in [1.54, 1.807) is 18.3 Å². The standard InChI is InChI=1S/C33H32F2N10O/c1-45(2)10-9-37-22-12-19(11-21(34)14-22)24-7-8-38-31-29(24)41-32(42-31)30-26-25(43-44-30)17-39-28(27(26)35)20-13-23(16-36-15-20)40-33(46)18-5-3-4-6-18/h7-8,11-18,37H,3-6,9-10H2,1-2H3,(H,40,46)(H,43,44)(H,38,41,42). The second-order valence-electron chi connectivity index (χ2n) is 11.8. The molecule has 4 N–H and O–H groups in total. The molecule has 13 heteroatoms. The fourth-order valence-corrected chi connectivity index (χ4v) is 5.95. The number of imidazole rings is 1. The van der Waals surface area contributed by atoms with E-state index >= 15 is 4.39 Å². The number of carbonyl (C=O) groups is 1. The SMILES string of the molecule is CN(C)CCNc1cc(F)cc(-c2ccnc3nc(-c4n[nH]c5cnc(-c6cncc(NC(=O)C7CCCC7)c6)c(F)c45)[nH]c23)c1. The quantitative estimate of drug-likeness (QED) is 0.154. The summed E-state index contributed by atoms with van der Waals surface area (Å²) >= 11 is 0. The van der Waals surface area contributed by atoms with Gasteiger partial charge in [-0.2, -0.15) is 5.10 Å². The molecule has 1 fully saturated rings. The molecule has 7 rings (SSSR count). The van der Waals surface area contributed by atoms with Crippen LogP contribution in [0.4, 0.5) is 20.2 Å². The molecule has 234 valence electrons. The predicted octanol–water partition coefficient (Wildman–Crippen LogP) is 6.01. The zero-order chi connectivity index (χ0) is 31.8. The Balaban J connectivity index is 1.23. The number of aromatic nitrogens is 7. The van der Waals surface area contributed by atoms with E-state index in [2.05, 4.69) is 45.8 Å². The molecule has 1 aliphatic carbocycles. The number of nitrogens with one attached hydrogen (secondary N) is 4. The average Bonchev–Trinajstić information content (AvgIpc) is 3.81. The number of fused-ring (bicyclic) bond motifs is 2.